The van der Waals surface area contributed by atoms with Crippen LogP contribution in [0.15, 0.2) is 24.3 Å². The summed E-state index contributed by atoms with van der Waals surface area (Å²) in [7, 11) is 1.25. The van der Waals surface area contributed by atoms with Gasteiger partial charge in [0.05, 0.1) is 7.11 Å². The lowest BCUT2D eigenvalue weighted by atomic mass is 10.2. The maximum Gasteiger partial charge on any atom is 0.408 e. The zero-order valence-corrected chi connectivity index (χ0v) is 12.7. The molecular formula is C15H21NO5. The van der Waals surface area contributed by atoms with Crippen molar-refractivity contribution in [3.8, 4) is 5.75 Å². The molecule has 0 aromatic heterocycles. The van der Waals surface area contributed by atoms with Gasteiger partial charge in [-0.25, -0.2) is 9.59 Å². The SMILES string of the molecule is COC(=O)[C@H](C[14c]1[14cH][14cH][14c](O)[14cH][14cH]1)NC(=O)OC(C)(C)C. The Bertz CT molecular complexity index is 490. The van der Waals surface area contributed by atoms with Gasteiger partial charge in [0.1, 0.15) is 17.4 Å². The number of carbonyl (C=O) groups is 2. The molecular weight excluding hydrogens is 286 g/mol. The van der Waals surface area contributed by atoms with E-state index in [0.29, 0.717) is 0 Å². The maximum atomic E-state index is 11.8. The van der Waals surface area contributed by atoms with Crippen LogP contribution >= 0.6 is 0 Å². The summed E-state index contributed by atoms with van der Waals surface area (Å²) in [5.74, 6) is -0.428. The fourth-order valence-electron chi connectivity index (χ4n) is 1.65. The third kappa shape index (κ3) is 6.16. The number of alkyl carbamates (subject to hydrolysis) is 1. The Morgan fingerprint density at radius 2 is 1.81 bits per heavy atom. The molecule has 1 amide bonds. The molecule has 1 aromatic carbocycles. The third-order valence-electron chi connectivity index (χ3n) is 2.55. The first-order valence-electron chi connectivity index (χ1n) is 6.56. The molecule has 6 nitrogen and oxygen atoms in total. The fraction of sp³-hybridized carbons (Fsp3) is 0.467. The van der Waals surface area contributed by atoms with E-state index in [1.165, 1.54) is 19.2 Å². The summed E-state index contributed by atoms with van der Waals surface area (Å²) in [5.41, 5.74) is 0.128. The third-order valence-corrected chi connectivity index (χ3v) is 2.55. The Kier molecular flexibility index (Phi) is 5.58. The Labute approximate surface area is 124 Å². The van der Waals surface area contributed by atoms with Crippen molar-refractivity contribution in [1.82, 2.24) is 5.32 Å². The fourth-order valence-corrected chi connectivity index (χ4v) is 1.65. The summed E-state index contributed by atoms with van der Waals surface area (Å²) >= 11 is 0. The summed E-state index contributed by atoms with van der Waals surface area (Å²) in [5, 5.41) is 11.7. The molecule has 0 bridgehead atoms. The molecule has 0 radical (unpaired) electrons. The summed E-state index contributed by atoms with van der Waals surface area (Å²) in [6.07, 6.45) is -0.441. The van der Waals surface area contributed by atoms with Gasteiger partial charge in [-0.15, -0.1) is 0 Å². The minimum atomic E-state index is -0.852. The van der Waals surface area contributed by atoms with Gasteiger partial charge in [0.15, 0.2) is 0 Å². The van der Waals surface area contributed by atoms with Crippen LogP contribution in [0, 0.1) is 0 Å². The lowest BCUT2D eigenvalue weighted by Crippen LogP contribution is -2.45. The van der Waals surface area contributed by atoms with Gasteiger partial charge in [-0.1, -0.05) is 12.1 Å². The molecule has 2 N–H and O–H groups in total. The van der Waals surface area contributed by atoms with Crippen molar-refractivity contribution in [2.45, 2.75) is 38.8 Å². The Morgan fingerprint density at radius 1 is 1.24 bits per heavy atom. The van der Waals surface area contributed by atoms with Crippen LogP contribution in [0.3, 0.4) is 0 Å². The van der Waals surface area contributed by atoms with Crippen molar-refractivity contribution >= 4 is 12.1 Å². The van der Waals surface area contributed by atoms with Crippen LogP contribution in [0.2, 0.25) is 0 Å². The van der Waals surface area contributed by atoms with E-state index >= 15 is 0 Å². The van der Waals surface area contributed by atoms with Gasteiger partial charge in [-0.2, -0.15) is 0 Å². The minimum Gasteiger partial charge on any atom is -0.508 e. The maximum absolute atomic E-state index is 11.8. The zero-order valence-electron chi connectivity index (χ0n) is 12.7. The predicted molar refractivity (Wildman–Crippen MR) is 77.0 cm³/mol. The van der Waals surface area contributed by atoms with Crippen molar-refractivity contribution in [1.29, 1.82) is 0 Å². The number of amides is 1. The number of carbonyl (C=O) groups excluding carboxylic acids is 2. The number of phenols is 1. The average Bonchev–Trinajstić information content (AvgIpc) is 2.37. The minimum absolute atomic E-state index is 0.133. The number of ether oxygens (including phenoxy) is 2. The van der Waals surface area contributed by atoms with Crippen LogP contribution in [-0.2, 0) is 20.7 Å². The lowest BCUT2D eigenvalue weighted by Gasteiger charge is -2.22. The second-order valence-electron chi connectivity index (χ2n) is 5.59. The molecule has 1 rings (SSSR count). The standard InChI is InChI=1S/C15H21NO5/c1-15(2,3)21-14(19)16-12(13(18)20-4)9-10-5-7-11(17)8-6-10/h5-8,12,17H,9H2,1-4H3,(H,16,19)/t12-/m0/s1/i5+2,6+2,7+2,8+2,10+2,11+2. The topological polar surface area (TPSA) is 84.9 Å². The molecule has 1 aromatic rings. The number of hydrogen-bond acceptors (Lipinski definition) is 5. The van der Waals surface area contributed by atoms with E-state index in [1.807, 2.05) is 0 Å². The van der Waals surface area contributed by atoms with E-state index in [2.05, 4.69) is 10.1 Å². The average molecular weight is 307 g/mol. The van der Waals surface area contributed by atoms with Gasteiger partial charge < -0.3 is 19.9 Å². The van der Waals surface area contributed by atoms with Gasteiger partial charge in [-0.05, 0) is 38.5 Å². The van der Waals surface area contributed by atoms with Crippen molar-refractivity contribution in [2.24, 2.45) is 0 Å². The van der Waals surface area contributed by atoms with Crippen LogP contribution in [0.25, 0.3) is 0 Å². The van der Waals surface area contributed by atoms with Crippen LogP contribution in [0.1, 0.15) is 26.3 Å². The van der Waals surface area contributed by atoms with Crippen LogP contribution in [-0.4, -0.2) is 35.9 Å². The zero-order chi connectivity index (χ0) is 16.0. The number of nitrogens with one attached hydrogen (secondary N) is 1. The Hall–Kier alpha value is -2.24. The first-order valence-corrected chi connectivity index (χ1v) is 6.56. The van der Waals surface area contributed by atoms with E-state index < -0.39 is 23.7 Å². The largest absolute Gasteiger partial charge is 0.508 e. The van der Waals surface area contributed by atoms with Gasteiger partial charge >= 0.3 is 12.1 Å². The molecule has 0 aliphatic carbocycles. The number of rotatable bonds is 4. The predicted octanol–water partition coefficient (Wildman–Crippen LogP) is 2.00. The summed E-state index contributed by atoms with van der Waals surface area (Å²) in [6.45, 7) is 5.21. The molecule has 6 heteroatoms. The molecule has 0 saturated carbocycles. The summed E-state index contributed by atoms with van der Waals surface area (Å²) in [4.78, 5) is 23.5. The monoisotopic (exact) mass is 307 g/mol. The molecule has 1 atom stereocenters. The smallest absolute Gasteiger partial charge is 0.408 e. The van der Waals surface area contributed by atoms with Crippen LogP contribution < -0.4 is 5.32 Å². The second kappa shape index (κ2) is 6.97. The summed E-state index contributed by atoms with van der Waals surface area (Å²) in [6, 6.07) is 5.51. The normalized spacial score (nSPS) is 12.4. The van der Waals surface area contributed by atoms with Crippen molar-refractivity contribution in [3.05, 3.63) is 29.8 Å². The lowest BCUT2D eigenvalue weighted by molar-refractivity contribution is -0.143. The number of methoxy groups -OCH3 is 1. The quantitative estimate of drug-likeness (QED) is 0.831. The number of phenolic OH excluding ortho intramolecular Hbond substituents is 1. The molecule has 0 unspecified atom stereocenters. The van der Waals surface area contributed by atoms with E-state index in [1.54, 1.807) is 32.9 Å². The number of esters is 1. The van der Waals surface area contributed by atoms with Gasteiger partial charge in [0.25, 0.3) is 0 Å². The molecule has 0 aliphatic rings. The van der Waals surface area contributed by atoms with Crippen molar-refractivity contribution in [2.75, 3.05) is 7.11 Å². The van der Waals surface area contributed by atoms with Crippen LogP contribution in [0.5, 0.6) is 5.75 Å². The van der Waals surface area contributed by atoms with E-state index in [0.717, 1.165) is 5.56 Å². The van der Waals surface area contributed by atoms with E-state index in [9.17, 15) is 14.7 Å². The van der Waals surface area contributed by atoms with Crippen molar-refractivity contribution in [3.63, 3.8) is 0 Å². The molecule has 0 saturated heterocycles. The highest BCUT2D eigenvalue weighted by Gasteiger charge is 2.25. The van der Waals surface area contributed by atoms with Gasteiger partial charge in [0.2, 0.25) is 0 Å². The number of hydrogen-bond donors (Lipinski definition) is 2. The first kappa shape index (κ1) is 16.8. The molecule has 0 aliphatic heterocycles. The first-order chi connectivity index (χ1) is 9.71. The molecule has 116 valence electrons. The van der Waals surface area contributed by atoms with Gasteiger partial charge in [-0.3, -0.25) is 0 Å². The molecule has 0 fully saturated rings. The van der Waals surface area contributed by atoms with Gasteiger partial charge in [0, 0.05) is 6.42 Å². The van der Waals surface area contributed by atoms with Crippen molar-refractivity contribution < 1.29 is 24.2 Å². The number of aromatic hydroxyl groups is 1. The molecule has 0 heterocycles. The highest BCUT2D eigenvalue weighted by Crippen LogP contribution is 2.12. The number of benzene rings is 1. The van der Waals surface area contributed by atoms with Crippen LogP contribution in [0.4, 0.5) is 4.79 Å². The Morgan fingerprint density at radius 3 is 2.29 bits per heavy atom. The summed E-state index contributed by atoms with van der Waals surface area (Å²) < 4.78 is 9.80. The van der Waals surface area contributed by atoms with E-state index in [4.69, 9.17) is 4.74 Å². The Balaban J connectivity index is 2.74. The highest BCUT2D eigenvalue weighted by molar-refractivity contribution is 5.81. The second-order valence-corrected chi connectivity index (χ2v) is 5.59. The van der Waals surface area contributed by atoms with E-state index in [-0.39, 0.29) is 12.2 Å². The molecule has 0 spiro atoms. The molecule has 21 heavy (non-hydrogen) atoms. The highest BCUT2D eigenvalue weighted by atomic mass is 16.6.